The molecule has 0 aliphatic heterocycles. The molecule has 0 aromatic heterocycles. The summed E-state index contributed by atoms with van der Waals surface area (Å²) in [7, 11) is 0. The number of carboxylic acids is 1. The van der Waals surface area contributed by atoms with Crippen LogP contribution in [0.2, 0.25) is 0 Å². The molecule has 0 fully saturated rings. The van der Waals surface area contributed by atoms with Gasteiger partial charge in [-0.15, -0.1) is 0 Å². The van der Waals surface area contributed by atoms with Crippen molar-refractivity contribution in [2.24, 2.45) is 0 Å². The molecule has 0 bridgehead atoms. The smallest absolute Gasteiger partial charge is 0.330 e. The van der Waals surface area contributed by atoms with Gasteiger partial charge in [0.2, 0.25) is 0 Å². The fourth-order valence-corrected chi connectivity index (χ4v) is 1.86. The molecule has 0 amide bonds. The first-order valence-electron chi connectivity index (χ1n) is 6.83. The van der Waals surface area contributed by atoms with Crippen molar-refractivity contribution in [2.45, 2.75) is 6.92 Å². The van der Waals surface area contributed by atoms with Gasteiger partial charge in [0.15, 0.2) is 0 Å². The number of aliphatic carboxylic acids is 1. The van der Waals surface area contributed by atoms with Gasteiger partial charge in [0, 0.05) is 5.57 Å². The molecule has 2 aromatic carbocycles. The van der Waals surface area contributed by atoms with E-state index in [1.54, 1.807) is 0 Å². The number of rotatable bonds is 4. The number of hydrogen-bond donors (Lipinski definition) is 1. The zero-order valence-electron chi connectivity index (χ0n) is 12.8. The molecule has 0 atom stereocenters. The van der Waals surface area contributed by atoms with E-state index >= 15 is 0 Å². The van der Waals surface area contributed by atoms with Crippen molar-refractivity contribution in [3.8, 4) is 11.1 Å². The van der Waals surface area contributed by atoms with Crippen molar-refractivity contribution < 1.29 is 9.90 Å². The van der Waals surface area contributed by atoms with Crippen molar-refractivity contribution in [1.82, 2.24) is 0 Å². The maximum absolute atomic E-state index is 9.60. The minimum absolute atomic E-state index is 0.176. The molecule has 0 radical (unpaired) electrons. The van der Waals surface area contributed by atoms with E-state index < -0.39 is 5.97 Å². The van der Waals surface area contributed by atoms with Crippen LogP contribution in [0.15, 0.2) is 73.8 Å². The van der Waals surface area contributed by atoms with E-state index in [-0.39, 0.29) is 5.57 Å². The molecule has 22 heavy (non-hydrogen) atoms. The summed E-state index contributed by atoms with van der Waals surface area (Å²) in [4.78, 5) is 9.60. The molecule has 0 spiro atoms. The number of carbonyl (C=O) groups is 1. The molecule has 2 nitrogen and oxygen atoms in total. The molecule has 0 heterocycles. The van der Waals surface area contributed by atoms with Crippen molar-refractivity contribution in [1.29, 1.82) is 0 Å². The summed E-state index contributed by atoms with van der Waals surface area (Å²) in [6.07, 6.45) is 3.75. The lowest BCUT2D eigenvalue weighted by atomic mass is 9.95. The Balaban J connectivity index is 0.000000346. The summed E-state index contributed by atoms with van der Waals surface area (Å²) in [5, 5.41) is 7.89. The van der Waals surface area contributed by atoms with Gasteiger partial charge >= 0.3 is 5.97 Å². The molecule has 2 rings (SSSR count). The number of benzene rings is 2. The summed E-state index contributed by atoms with van der Waals surface area (Å²) in [6.45, 7) is 12.3. The van der Waals surface area contributed by atoms with Crippen LogP contribution in [0.5, 0.6) is 0 Å². The van der Waals surface area contributed by atoms with Crippen LogP contribution in [0.4, 0.5) is 0 Å². The topological polar surface area (TPSA) is 37.3 Å². The molecule has 1 N–H and O–H groups in total. The lowest BCUT2D eigenvalue weighted by Crippen LogP contribution is -1.92. The third kappa shape index (κ3) is 4.60. The van der Waals surface area contributed by atoms with Crippen LogP contribution in [-0.2, 0) is 4.79 Å². The summed E-state index contributed by atoms with van der Waals surface area (Å²) in [5.74, 6) is -0.935. The first kappa shape index (κ1) is 17.2. The highest BCUT2D eigenvalue weighted by Crippen LogP contribution is 2.27. The fourth-order valence-electron chi connectivity index (χ4n) is 1.86. The summed E-state index contributed by atoms with van der Waals surface area (Å²) in [6, 6.07) is 16.5. The van der Waals surface area contributed by atoms with Gasteiger partial charge in [0.1, 0.15) is 0 Å². The second kappa shape index (κ2) is 8.42. The van der Waals surface area contributed by atoms with Crippen molar-refractivity contribution in [3.63, 3.8) is 0 Å². The van der Waals surface area contributed by atoms with E-state index in [2.05, 4.69) is 44.0 Å². The Morgan fingerprint density at radius 3 is 2.05 bits per heavy atom. The van der Waals surface area contributed by atoms with Crippen LogP contribution in [0.1, 0.15) is 18.1 Å². The fraction of sp³-hybridized carbons (Fsp3) is 0.0500. The van der Waals surface area contributed by atoms with Gasteiger partial charge in [-0.2, -0.15) is 0 Å². The highest BCUT2D eigenvalue weighted by Gasteiger charge is 2.04. The molecular formula is C20H20O2. The molecule has 0 aliphatic rings. The van der Waals surface area contributed by atoms with Gasteiger partial charge in [-0.25, -0.2) is 4.79 Å². The molecule has 0 saturated carbocycles. The van der Waals surface area contributed by atoms with Crippen LogP contribution >= 0.6 is 0 Å². The number of carboxylic acid groups (broad SMARTS) is 1. The Labute approximate surface area is 131 Å². The van der Waals surface area contributed by atoms with Gasteiger partial charge in [0.25, 0.3) is 0 Å². The van der Waals surface area contributed by atoms with E-state index in [1.165, 1.54) is 18.1 Å². The predicted octanol–water partition coefficient (Wildman–Crippen LogP) is 5.29. The third-order valence-corrected chi connectivity index (χ3v) is 3.01. The number of hydrogen-bond acceptors (Lipinski definition) is 1. The first-order chi connectivity index (χ1) is 10.5. The summed E-state index contributed by atoms with van der Waals surface area (Å²) >= 11 is 0. The normalized spacial score (nSPS) is 9.14. The standard InChI is InChI=1S/C16H14.C4H6O2/c1-3-13-11-8-12-16(15(13)4-2)14-9-6-5-7-10-14;1-3(2)4(5)6/h3-12H,1-2H2;1H2,2H3,(H,5,6). The van der Waals surface area contributed by atoms with Crippen LogP contribution < -0.4 is 0 Å². The minimum Gasteiger partial charge on any atom is -0.478 e. The third-order valence-electron chi connectivity index (χ3n) is 3.01. The van der Waals surface area contributed by atoms with Gasteiger partial charge in [0.05, 0.1) is 0 Å². The molecule has 0 unspecified atom stereocenters. The van der Waals surface area contributed by atoms with Gasteiger partial charge in [-0.3, -0.25) is 0 Å². The molecule has 2 heteroatoms. The van der Waals surface area contributed by atoms with E-state index in [4.69, 9.17) is 5.11 Å². The van der Waals surface area contributed by atoms with Gasteiger partial charge in [-0.1, -0.05) is 80.4 Å². The Hall–Kier alpha value is -2.87. The van der Waals surface area contributed by atoms with E-state index in [9.17, 15) is 4.79 Å². The van der Waals surface area contributed by atoms with Crippen LogP contribution in [0.3, 0.4) is 0 Å². The van der Waals surface area contributed by atoms with Gasteiger partial charge in [-0.05, 0) is 29.2 Å². The Bertz CT molecular complexity index is 670. The maximum Gasteiger partial charge on any atom is 0.330 e. The highest BCUT2D eigenvalue weighted by molar-refractivity contribution is 5.84. The van der Waals surface area contributed by atoms with Crippen LogP contribution in [0, 0.1) is 0 Å². The van der Waals surface area contributed by atoms with Crippen molar-refractivity contribution in [3.05, 3.63) is 85.0 Å². The molecule has 2 aromatic rings. The second-order valence-corrected chi connectivity index (χ2v) is 4.67. The van der Waals surface area contributed by atoms with E-state index in [0.717, 1.165) is 11.1 Å². The quantitative estimate of drug-likeness (QED) is 0.778. The molecule has 0 aliphatic carbocycles. The zero-order valence-corrected chi connectivity index (χ0v) is 12.8. The maximum atomic E-state index is 9.60. The van der Waals surface area contributed by atoms with Crippen molar-refractivity contribution in [2.75, 3.05) is 0 Å². The Morgan fingerprint density at radius 1 is 1.00 bits per heavy atom. The summed E-state index contributed by atoms with van der Waals surface area (Å²) in [5.41, 5.74) is 4.85. The molecule has 0 saturated heterocycles. The van der Waals surface area contributed by atoms with E-state index in [1.807, 2.05) is 36.4 Å². The largest absolute Gasteiger partial charge is 0.478 e. The highest BCUT2D eigenvalue weighted by atomic mass is 16.4. The lowest BCUT2D eigenvalue weighted by molar-refractivity contribution is -0.132. The average Bonchev–Trinajstić information content (AvgIpc) is 2.55. The second-order valence-electron chi connectivity index (χ2n) is 4.67. The monoisotopic (exact) mass is 292 g/mol. The lowest BCUT2D eigenvalue weighted by Gasteiger charge is -2.09. The SMILES string of the molecule is C=C(C)C(=O)O.C=Cc1cccc(-c2ccccc2)c1C=C. The van der Waals surface area contributed by atoms with Crippen molar-refractivity contribution >= 4 is 18.1 Å². The Morgan fingerprint density at radius 2 is 1.59 bits per heavy atom. The zero-order chi connectivity index (χ0) is 16.5. The Kier molecular flexibility index (Phi) is 6.58. The van der Waals surface area contributed by atoms with E-state index in [0.29, 0.717) is 0 Å². The minimum atomic E-state index is -0.935. The first-order valence-corrected chi connectivity index (χ1v) is 6.83. The predicted molar refractivity (Wildman–Crippen MR) is 94.5 cm³/mol. The molecule has 112 valence electrons. The van der Waals surface area contributed by atoms with Crippen LogP contribution in [-0.4, -0.2) is 11.1 Å². The summed E-state index contributed by atoms with van der Waals surface area (Å²) < 4.78 is 0. The van der Waals surface area contributed by atoms with Gasteiger partial charge < -0.3 is 5.11 Å². The molecular weight excluding hydrogens is 272 g/mol. The van der Waals surface area contributed by atoms with Crippen LogP contribution in [0.25, 0.3) is 23.3 Å². The average molecular weight is 292 g/mol.